The van der Waals surface area contributed by atoms with Gasteiger partial charge >= 0.3 is 0 Å². The van der Waals surface area contributed by atoms with E-state index in [1.807, 2.05) is 18.2 Å². The predicted octanol–water partition coefficient (Wildman–Crippen LogP) is 2.26. The monoisotopic (exact) mass is 200 g/mol. The average molecular weight is 201 g/mol. The first kappa shape index (κ1) is 12.3. The van der Waals surface area contributed by atoms with Crippen LogP contribution in [0.5, 0.6) is 0 Å². The summed E-state index contributed by atoms with van der Waals surface area (Å²) >= 11 is 0. The Bertz CT molecular complexity index is 201. The van der Waals surface area contributed by atoms with Crippen LogP contribution in [0.1, 0.15) is 12.8 Å². The largest absolute Gasteiger partial charge is 0.385 e. The molecule has 1 rings (SSSR count). The van der Waals surface area contributed by atoms with Gasteiger partial charge in [-0.3, -0.25) is 0 Å². The number of para-hydroxylation sites is 1. The Labute approximate surface area is 85.9 Å². The van der Waals surface area contributed by atoms with E-state index in [0.29, 0.717) is 0 Å². The Morgan fingerprint density at radius 3 is 2.38 bits per heavy atom. The molecule has 0 aliphatic rings. The average Bonchev–Trinajstić information content (AvgIpc) is 2.14. The summed E-state index contributed by atoms with van der Waals surface area (Å²) in [6.45, 7) is 1.80. The highest BCUT2D eigenvalue weighted by molar-refractivity contribution is 5.85. The third-order valence-corrected chi connectivity index (χ3v) is 1.73. The van der Waals surface area contributed by atoms with E-state index in [0.717, 1.165) is 25.9 Å². The van der Waals surface area contributed by atoms with Crippen molar-refractivity contribution in [1.29, 1.82) is 0 Å². The molecule has 1 aromatic rings. The highest BCUT2D eigenvalue weighted by Crippen LogP contribution is 2.04. The maximum absolute atomic E-state index is 5.38. The summed E-state index contributed by atoms with van der Waals surface area (Å²) < 4.78 is 0. The van der Waals surface area contributed by atoms with Crippen molar-refractivity contribution in [1.82, 2.24) is 0 Å². The van der Waals surface area contributed by atoms with Crippen LogP contribution >= 0.6 is 12.4 Å². The molecule has 1 aromatic carbocycles. The number of benzene rings is 1. The SMILES string of the molecule is Cl.NCCCCNc1ccccc1. The molecule has 13 heavy (non-hydrogen) atoms. The van der Waals surface area contributed by atoms with Crippen molar-refractivity contribution in [2.75, 3.05) is 18.4 Å². The second kappa shape index (κ2) is 7.90. The van der Waals surface area contributed by atoms with E-state index in [1.165, 1.54) is 5.69 Å². The van der Waals surface area contributed by atoms with Crippen molar-refractivity contribution in [3.05, 3.63) is 30.3 Å². The topological polar surface area (TPSA) is 38.0 Å². The summed E-state index contributed by atoms with van der Waals surface area (Å²) in [7, 11) is 0. The Morgan fingerprint density at radius 2 is 1.77 bits per heavy atom. The van der Waals surface area contributed by atoms with E-state index >= 15 is 0 Å². The maximum Gasteiger partial charge on any atom is 0.0340 e. The van der Waals surface area contributed by atoms with Crippen LogP contribution < -0.4 is 11.1 Å². The summed E-state index contributed by atoms with van der Waals surface area (Å²) in [4.78, 5) is 0. The Morgan fingerprint density at radius 1 is 1.08 bits per heavy atom. The van der Waals surface area contributed by atoms with Crippen LogP contribution in [-0.2, 0) is 0 Å². The molecule has 3 N–H and O–H groups in total. The van der Waals surface area contributed by atoms with Gasteiger partial charge < -0.3 is 11.1 Å². The van der Waals surface area contributed by atoms with Crippen molar-refractivity contribution in [2.24, 2.45) is 5.73 Å². The lowest BCUT2D eigenvalue weighted by Gasteiger charge is -2.04. The van der Waals surface area contributed by atoms with Gasteiger partial charge in [0.15, 0.2) is 0 Å². The van der Waals surface area contributed by atoms with Gasteiger partial charge in [-0.2, -0.15) is 0 Å². The maximum atomic E-state index is 5.38. The zero-order chi connectivity index (χ0) is 8.65. The normalized spacial score (nSPS) is 9.00. The van der Waals surface area contributed by atoms with Gasteiger partial charge in [0.1, 0.15) is 0 Å². The molecule has 0 spiro atoms. The summed E-state index contributed by atoms with van der Waals surface area (Å²) in [6.07, 6.45) is 2.24. The van der Waals surface area contributed by atoms with Gasteiger partial charge in [0, 0.05) is 12.2 Å². The van der Waals surface area contributed by atoms with E-state index in [1.54, 1.807) is 0 Å². The molecule has 0 fully saturated rings. The summed E-state index contributed by atoms with van der Waals surface area (Å²) in [5.74, 6) is 0. The van der Waals surface area contributed by atoms with E-state index < -0.39 is 0 Å². The van der Waals surface area contributed by atoms with Crippen LogP contribution in [0.2, 0.25) is 0 Å². The first-order chi connectivity index (χ1) is 5.93. The molecular formula is C10H17ClN2. The predicted molar refractivity (Wildman–Crippen MR) is 60.5 cm³/mol. The quantitative estimate of drug-likeness (QED) is 0.716. The molecule has 0 unspecified atom stereocenters. The smallest absolute Gasteiger partial charge is 0.0340 e. The highest BCUT2D eigenvalue weighted by atomic mass is 35.5. The van der Waals surface area contributed by atoms with E-state index in [2.05, 4.69) is 17.4 Å². The number of nitrogens with one attached hydrogen (secondary N) is 1. The molecule has 0 bridgehead atoms. The molecule has 0 amide bonds. The number of unbranched alkanes of at least 4 members (excludes halogenated alkanes) is 1. The molecule has 0 aromatic heterocycles. The zero-order valence-electron chi connectivity index (χ0n) is 7.70. The summed E-state index contributed by atoms with van der Waals surface area (Å²) in [6, 6.07) is 10.2. The molecule has 0 atom stereocenters. The van der Waals surface area contributed by atoms with Crippen molar-refractivity contribution in [2.45, 2.75) is 12.8 Å². The second-order valence-electron chi connectivity index (χ2n) is 2.79. The molecule has 2 nitrogen and oxygen atoms in total. The van der Waals surface area contributed by atoms with E-state index in [9.17, 15) is 0 Å². The Balaban J connectivity index is 0.00000144. The lowest BCUT2D eigenvalue weighted by molar-refractivity contribution is 0.774. The third kappa shape index (κ3) is 5.50. The highest BCUT2D eigenvalue weighted by Gasteiger charge is 1.87. The van der Waals surface area contributed by atoms with Gasteiger partial charge in [0.05, 0.1) is 0 Å². The minimum Gasteiger partial charge on any atom is -0.385 e. The zero-order valence-corrected chi connectivity index (χ0v) is 8.52. The lowest BCUT2D eigenvalue weighted by Crippen LogP contribution is -2.05. The van der Waals surface area contributed by atoms with Crippen LogP contribution in [0.25, 0.3) is 0 Å². The van der Waals surface area contributed by atoms with Crippen LogP contribution in [0, 0.1) is 0 Å². The number of hydrogen-bond acceptors (Lipinski definition) is 2. The minimum atomic E-state index is 0. The van der Waals surface area contributed by atoms with Crippen LogP contribution in [-0.4, -0.2) is 13.1 Å². The summed E-state index contributed by atoms with van der Waals surface area (Å²) in [5.41, 5.74) is 6.57. The number of halogens is 1. The third-order valence-electron chi connectivity index (χ3n) is 1.73. The van der Waals surface area contributed by atoms with Crippen molar-refractivity contribution in [3.63, 3.8) is 0 Å². The fraction of sp³-hybridized carbons (Fsp3) is 0.400. The number of hydrogen-bond donors (Lipinski definition) is 2. The first-order valence-corrected chi connectivity index (χ1v) is 4.42. The van der Waals surface area contributed by atoms with Crippen molar-refractivity contribution < 1.29 is 0 Å². The fourth-order valence-electron chi connectivity index (χ4n) is 1.06. The first-order valence-electron chi connectivity index (χ1n) is 4.42. The standard InChI is InChI=1S/C10H16N2.ClH/c11-8-4-5-9-12-10-6-2-1-3-7-10;/h1-3,6-7,12H,4-5,8-9,11H2;1H. The molecular weight excluding hydrogens is 184 g/mol. The van der Waals surface area contributed by atoms with Gasteiger partial charge in [-0.15, -0.1) is 12.4 Å². The van der Waals surface area contributed by atoms with Crippen molar-refractivity contribution in [3.8, 4) is 0 Å². The molecule has 0 saturated carbocycles. The van der Waals surface area contributed by atoms with Gasteiger partial charge in [-0.05, 0) is 31.5 Å². The Kier molecular flexibility index (Phi) is 7.45. The van der Waals surface area contributed by atoms with Crippen LogP contribution in [0.15, 0.2) is 30.3 Å². The van der Waals surface area contributed by atoms with Gasteiger partial charge in [-0.25, -0.2) is 0 Å². The number of anilines is 1. The minimum absolute atomic E-state index is 0. The molecule has 0 heterocycles. The molecule has 0 radical (unpaired) electrons. The number of rotatable bonds is 5. The number of nitrogens with two attached hydrogens (primary N) is 1. The molecule has 0 aliphatic carbocycles. The Hall–Kier alpha value is -0.730. The molecule has 0 aliphatic heterocycles. The molecule has 3 heteroatoms. The summed E-state index contributed by atoms with van der Waals surface area (Å²) in [5, 5.41) is 3.32. The van der Waals surface area contributed by atoms with Gasteiger partial charge in [-0.1, -0.05) is 18.2 Å². The van der Waals surface area contributed by atoms with Crippen LogP contribution in [0.3, 0.4) is 0 Å². The van der Waals surface area contributed by atoms with Crippen molar-refractivity contribution >= 4 is 18.1 Å². The fourth-order valence-corrected chi connectivity index (χ4v) is 1.06. The lowest BCUT2D eigenvalue weighted by atomic mass is 10.3. The van der Waals surface area contributed by atoms with Gasteiger partial charge in [0.25, 0.3) is 0 Å². The molecule has 74 valence electrons. The van der Waals surface area contributed by atoms with E-state index in [-0.39, 0.29) is 12.4 Å². The van der Waals surface area contributed by atoms with Crippen LogP contribution in [0.4, 0.5) is 5.69 Å². The second-order valence-corrected chi connectivity index (χ2v) is 2.79. The van der Waals surface area contributed by atoms with E-state index in [4.69, 9.17) is 5.73 Å². The van der Waals surface area contributed by atoms with Gasteiger partial charge in [0.2, 0.25) is 0 Å². The molecule has 0 saturated heterocycles.